The molecule has 2 aromatic heterocycles. The summed E-state index contributed by atoms with van der Waals surface area (Å²) in [5, 5.41) is 4.86. The van der Waals surface area contributed by atoms with Gasteiger partial charge in [-0.05, 0) is 47.9 Å². The number of aromatic nitrogens is 3. The maximum Gasteiger partial charge on any atom is 0.159 e. The summed E-state index contributed by atoms with van der Waals surface area (Å²) in [6, 6.07) is 20.8. The van der Waals surface area contributed by atoms with Gasteiger partial charge in [0.2, 0.25) is 0 Å². The van der Waals surface area contributed by atoms with Gasteiger partial charge in [-0.3, -0.25) is 4.98 Å². The Labute approximate surface area is 168 Å². The van der Waals surface area contributed by atoms with Crippen LogP contribution in [0.5, 0.6) is 0 Å². The van der Waals surface area contributed by atoms with Crippen LogP contribution in [0.25, 0.3) is 11.1 Å². The van der Waals surface area contributed by atoms with Crippen molar-refractivity contribution in [3.05, 3.63) is 102 Å². The first-order chi connectivity index (χ1) is 14.2. The molecule has 29 heavy (non-hydrogen) atoms. The Morgan fingerprint density at radius 3 is 2.34 bits per heavy atom. The van der Waals surface area contributed by atoms with E-state index in [2.05, 4.69) is 17.1 Å². The van der Waals surface area contributed by atoms with Crippen LogP contribution in [0.4, 0.5) is 10.2 Å². The van der Waals surface area contributed by atoms with Crippen LogP contribution in [0, 0.1) is 12.7 Å². The first kappa shape index (κ1) is 17.5. The molecule has 0 radical (unpaired) electrons. The van der Waals surface area contributed by atoms with Crippen LogP contribution < -0.4 is 0 Å². The third-order valence-electron chi connectivity index (χ3n) is 5.31. The van der Waals surface area contributed by atoms with Crippen molar-refractivity contribution in [3.8, 4) is 11.1 Å². The molecule has 5 rings (SSSR count). The Bertz CT molecular complexity index is 1180. The van der Waals surface area contributed by atoms with Gasteiger partial charge in [0.25, 0.3) is 0 Å². The molecule has 2 aromatic carbocycles. The molecule has 0 spiro atoms. The summed E-state index contributed by atoms with van der Waals surface area (Å²) in [7, 11) is 0. The van der Waals surface area contributed by atoms with E-state index >= 15 is 0 Å². The smallest absolute Gasteiger partial charge is 0.159 e. The minimum atomic E-state index is -0.248. The highest BCUT2D eigenvalue weighted by Gasteiger charge is 2.29. The van der Waals surface area contributed by atoms with Crippen molar-refractivity contribution in [2.45, 2.75) is 19.4 Å². The summed E-state index contributed by atoms with van der Waals surface area (Å²) in [4.78, 5) is 9.15. The molecule has 0 bridgehead atoms. The number of pyridine rings is 1. The number of halogens is 1. The van der Waals surface area contributed by atoms with Gasteiger partial charge in [0.05, 0.1) is 17.4 Å². The fourth-order valence-electron chi connectivity index (χ4n) is 3.91. The Balaban J connectivity index is 1.72. The van der Waals surface area contributed by atoms with E-state index in [0.29, 0.717) is 6.42 Å². The van der Waals surface area contributed by atoms with Crippen molar-refractivity contribution in [3.63, 3.8) is 0 Å². The Hall–Kier alpha value is -3.60. The number of rotatable bonds is 3. The molecule has 5 heteroatoms. The number of hydrogen-bond donors (Lipinski definition) is 0. The molecule has 0 fully saturated rings. The van der Waals surface area contributed by atoms with Crippen LogP contribution >= 0.6 is 0 Å². The number of aliphatic imine (C=N–C) groups is 1. The van der Waals surface area contributed by atoms with E-state index < -0.39 is 0 Å². The number of aryl methyl sites for hydroxylation is 1. The van der Waals surface area contributed by atoms with Gasteiger partial charge in [0, 0.05) is 24.4 Å². The van der Waals surface area contributed by atoms with Gasteiger partial charge >= 0.3 is 0 Å². The number of hydrogen-bond acceptors (Lipinski definition) is 3. The normalized spacial score (nSPS) is 15.7. The molecule has 0 saturated heterocycles. The van der Waals surface area contributed by atoms with Crippen molar-refractivity contribution in [1.82, 2.24) is 14.8 Å². The molecule has 4 nitrogen and oxygen atoms in total. The highest BCUT2D eigenvalue weighted by Crippen LogP contribution is 2.41. The molecule has 1 aliphatic rings. The first-order valence-corrected chi connectivity index (χ1v) is 9.58. The van der Waals surface area contributed by atoms with Crippen LogP contribution in [0.1, 0.15) is 29.3 Å². The van der Waals surface area contributed by atoms with E-state index in [1.807, 2.05) is 41.9 Å². The van der Waals surface area contributed by atoms with Crippen molar-refractivity contribution in [2.24, 2.45) is 4.99 Å². The van der Waals surface area contributed by atoms with Crippen molar-refractivity contribution in [2.75, 3.05) is 0 Å². The summed E-state index contributed by atoms with van der Waals surface area (Å²) in [6.45, 7) is 2.02. The fourth-order valence-corrected chi connectivity index (χ4v) is 3.91. The maximum atomic E-state index is 13.5. The van der Waals surface area contributed by atoms with Crippen LogP contribution in [-0.4, -0.2) is 20.5 Å². The average molecular weight is 382 g/mol. The zero-order valence-electron chi connectivity index (χ0n) is 16.0. The molecule has 0 saturated carbocycles. The lowest BCUT2D eigenvalue weighted by Crippen LogP contribution is -2.21. The van der Waals surface area contributed by atoms with Gasteiger partial charge in [-0.25, -0.2) is 14.1 Å². The SMILES string of the molecule is Cc1nn2c(c1-c1ccccc1)N=C(c1ccc(F)cc1)CC2c1ccncc1. The molecular weight excluding hydrogens is 363 g/mol. The Kier molecular flexibility index (Phi) is 4.28. The Morgan fingerprint density at radius 1 is 0.897 bits per heavy atom. The Morgan fingerprint density at radius 2 is 1.62 bits per heavy atom. The maximum absolute atomic E-state index is 13.5. The quantitative estimate of drug-likeness (QED) is 0.469. The highest BCUT2D eigenvalue weighted by molar-refractivity contribution is 6.04. The van der Waals surface area contributed by atoms with E-state index in [0.717, 1.165) is 39.5 Å². The van der Waals surface area contributed by atoms with E-state index in [1.165, 1.54) is 12.1 Å². The first-order valence-electron chi connectivity index (χ1n) is 9.58. The lowest BCUT2D eigenvalue weighted by Gasteiger charge is -2.25. The van der Waals surface area contributed by atoms with Crippen LogP contribution in [0.3, 0.4) is 0 Å². The number of benzene rings is 2. The summed E-state index contributed by atoms with van der Waals surface area (Å²) in [6.07, 6.45) is 4.28. The number of fused-ring (bicyclic) bond motifs is 1. The van der Waals surface area contributed by atoms with Gasteiger partial charge in [-0.2, -0.15) is 5.10 Å². The third-order valence-corrected chi connectivity index (χ3v) is 5.31. The van der Waals surface area contributed by atoms with Crippen molar-refractivity contribution in [1.29, 1.82) is 0 Å². The van der Waals surface area contributed by atoms with Gasteiger partial charge in [0.1, 0.15) is 5.82 Å². The van der Waals surface area contributed by atoms with Gasteiger partial charge in [-0.15, -0.1) is 0 Å². The topological polar surface area (TPSA) is 43.1 Å². The predicted octanol–water partition coefficient (Wildman–Crippen LogP) is 5.51. The molecule has 0 aliphatic carbocycles. The number of nitrogens with zero attached hydrogens (tertiary/aromatic N) is 4. The monoisotopic (exact) mass is 382 g/mol. The predicted molar refractivity (Wildman–Crippen MR) is 112 cm³/mol. The largest absolute Gasteiger partial charge is 0.265 e. The van der Waals surface area contributed by atoms with Crippen LogP contribution in [0.2, 0.25) is 0 Å². The zero-order valence-corrected chi connectivity index (χ0v) is 16.0. The molecule has 4 aromatic rings. The molecule has 0 N–H and O–H groups in total. The lowest BCUT2D eigenvalue weighted by molar-refractivity contribution is 0.529. The molecule has 1 unspecified atom stereocenters. The standard InChI is InChI=1S/C24H19FN4/c1-16-23(19-5-3-2-4-6-19)24-27-21(17-7-9-20(25)10-8-17)15-22(29(24)28-16)18-11-13-26-14-12-18/h2-14,22H,15H2,1H3. The average Bonchev–Trinajstić information content (AvgIpc) is 3.10. The highest BCUT2D eigenvalue weighted by atomic mass is 19.1. The van der Waals surface area contributed by atoms with Crippen LogP contribution in [0.15, 0.2) is 84.1 Å². The second kappa shape index (κ2) is 7.09. The van der Waals surface area contributed by atoms with Crippen molar-refractivity contribution >= 4 is 11.5 Å². The summed E-state index contributed by atoms with van der Waals surface area (Å²) >= 11 is 0. The lowest BCUT2D eigenvalue weighted by atomic mass is 9.96. The third kappa shape index (κ3) is 3.14. The van der Waals surface area contributed by atoms with E-state index in [9.17, 15) is 4.39 Å². The molecular formula is C24H19FN4. The molecule has 1 atom stereocenters. The second-order valence-corrected chi connectivity index (χ2v) is 7.16. The summed E-state index contributed by atoms with van der Waals surface area (Å²) < 4.78 is 15.5. The minimum Gasteiger partial charge on any atom is -0.265 e. The van der Waals surface area contributed by atoms with Crippen LogP contribution in [-0.2, 0) is 0 Å². The summed E-state index contributed by atoms with van der Waals surface area (Å²) in [5.41, 5.74) is 6.03. The minimum absolute atomic E-state index is 0.00159. The van der Waals surface area contributed by atoms with E-state index in [1.54, 1.807) is 24.5 Å². The fraction of sp³-hybridized carbons (Fsp3) is 0.125. The second-order valence-electron chi connectivity index (χ2n) is 7.16. The van der Waals surface area contributed by atoms with Gasteiger partial charge < -0.3 is 0 Å². The van der Waals surface area contributed by atoms with E-state index in [-0.39, 0.29) is 11.9 Å². The van der Waals surface area contributed by atoms with E-state index in [4.69, 9.17) is 10.1 Å². The zero-order chi connectivity index (χ0) is 19.8. The molecule has 0 amide bonds. The molecule has 1 aliphatic heterocycles. The molecule has 3 heterocycles. The summed E-state index contributed by atoms with van der Waals surface area (Å²) in [5.74, 6) is 0.586. The van der Waals surface area contributed by atoms with Gasteiger partial charge in [0.15, 0.2) is 5.82 Å². The van der Waals surface area contributed by atoms with Crippen molar-refractivity contribution < 1.29 is 4.39 Å². The molecule has 142 valence electrons. The van der Waals surface area contributed by atoms with Gasteiger partial charge in [-0.1, -0.05) is 42.5 Å².